The van der Waals surface area contributed by atoms with Crippen LogP contribution in [-0.2, 0) is 9.83 Å². The van der Waals surface area contributed by atoms with Crippen molar-refractivity contribution in [3.05, 3.63) is 25.1 Å². The number of nitro groups is 1. The first-order chi connectivity index (χ1) is 9.37. The molecule has 0 aromatic carbocycles. The number of nitrogens with one attached hydrogen (secondary N) is 1. The average Bonchev–Trinajstić information content (AvgIpc) is 2.40. The number of rotatable bonds is 8. The van der Waals surface area contributed by atoms with Crippen molar-refractivity contribution in [1.29, 1.82) is 0 Å². The Morgan fingerprint density at radius 2 is 1.74 bits per heavy atom. The standard InChI is InChI=1S/C3H7N3O5.C3H9NO.HNO3.2No.H2O/c1-4(5(7)8)2-3-11-6(9)10;1-4-2-3-5;2-1-4-3;;;/h2-3H2,1H3;4-5H,2-3H2,1H3;3H;;;1H2/p-1. The molecule has 17 heteroatoms. The number of hydrogen-bond donors (Lipinski definition) is 2. The van der Waals surface area contributed by atoms with Crippen LogP contribution in [0.15, 0.2) is 5.34 Å². The van der Waals surface area contributed by atoms with Gasteiger partial charge in [-0.2, -0.15) is 0 Å². The summed E-state index contributed by atoms with van der Waals surface area (Å²) in [6, 6.07) is 0. The van der Waals surface area contributed by atoms with Gasteiger partial charge in [-0.15, -0.1) is 20.0 Å². The van der Waals surface area contributed by atoms with E-state index in [4.69, 9.17) is 15.3 Å². The molecule has 0 fully saturated rings. The topological polar surface area (TPSA) is 224 Å². The largest absolute Gasteiger partial charge is 0.635 e. The van der Waals surface area contributed by atoms with Crippen LogP contribution in [0.4, 0.5) is 0 Å². The quantitative estimate of drug-likeness (QED) is 0.106. The fraction of sp³-hybridized carbons (Fsp3) is 1.00. The van der Waals surface area contributed by atoms with Gasteiger partial charge in [-0.05, 0) is 7.05 Å². The molecule has 0 atom stereocenters. The van der Waals surface area contributed by atoms with Crippen molar-refractivity contribution in [3.8, 4) is 0 Å². The molecule has 0 unspecified atom stereocenters. The van der Waals surface area contributed by atoms with Gasteiger partial charge in [0.1, 0.15) is 18.5 Å². The second-order valence-electron chi connectivity index (χ2n) is 2.65. The van der Waals surface area contributed by atoms with E-state index >= 15 is 0 Å². The van der Waals surface area contributed by atoms with E-state index in [0.717, 1.165) is 0 Å². The van der Waals surface area contributed by atoms with Crippen LogP contribution < -0.4 is 10.6 Å². The molecule has 0 aliphatic heterocycles. The first kappa shape index (κ1) is 36.3. The first-order valence-electron chi connectivity index (χ1n) is 4.87. The monoisotopic (exact) mass is 838 g/mol. The zero-order chi connectivity index (χ0) is 16.4. The predicted octanol–water partition coefficient (Wildman–Crippen LogP) is -3.35. The summed E-state index contributed by atoms with van der Waals surface area (Å²) >= 11 is 0. The third-order valence-corrected chi connectivity index (χ3v) is 1.28. The SMILES string of the molecule is CN(CCO[N+](=O)[O-])[N+](=O)[O-].CNCCO.O.O=NO[O-].[No].[No]. The van der Waals surface area contributed by atoms with Gasteiger partial charge in [0.15, 0.2) is 5.03 Å². The normalized spacial score (nSPS) is 6.96. The molecule has 0 saturated carbocycles. The number of hydrogen-bond acceptors (Lipinski definition) is 11. The summed E-state index contributed by atoms with van der Waals surface area (Å²) in [5.41, 5.74) is 0. The van der Waals surface area contributed by atoms with Crippen LogP contribution in [0.25, 0.3) is 0 Å². The van der Waals surface area contributed by atoms with Crippen molar-refractivity contribution in [2.45, 2.75) is 0 Å². The van der Waals surface area contributed by atoms with Crippen molar-refractivity contribution in [2.24, 2.45) is 5.34 Å². The van der Waals surface area contributed by atoms with Crippen molar-refractivity contribution >= 4 is 0 Å². The average molecular weight is 838 g/mol. The van der Waals surface area contributed by atoms with Crippen LogP contribution >= 0.6 is 0 Å². The first-order valence-corrected chi connectivity index (χ1v) is 4.87. The van der Waals surface area contributed by atoms with Crippen LogP contribution in [0.5, 0.6) is 0 Å². The van der Waals surface area contributed by atoms with Crippen LogP contribution in [-0.4, -0.2) is 66.1 Å². The van der Waals surface area contributed by atoms with E-state index in [9.17, 15) is 20.2 Å². The molecule has 0 heterocycles. The summed E-state index contributed by atoms with van der Waals surface area (Å²) in [6.07, 6.45) is 0. The summed E-state index contributed by atoms with van der Waals surface area (Å²) in [6.45, 7) is 0.509. The van der Waals surface area contributed by atoms with Gasteiger partial charge in [0.05, 0.1) is 13.7 Å². The number of nitrogens with zero attached hydrogens (tertiary/aromatic N) is 4. The molecule has 0 spiro atoms. The zero-order valence-corrected chi connectivity index (χ0v) is 16.3. The third kappa shape index (κ3) is 57.8. The minimum absolute atomic E-state index is 0. The maximum atomic E-state index is 9.88. The van der Waals surface area contributed by atoms with Gasteiger partial charge in [0, 0.05) is 6.54 Å². The van der Waals surface area contributed by atoms with Gasteiger partial charge in [0.2, 0.25) is 0 Å². The van der Waals surface area contributed by atoms with Crippen LogP contribution in [0.2, 0.25) is 0 Å². The van der Waals surface area contributed by atoms with Gasteiger partial charge in [-0.25, -0.2) is 10.1 Å². The van der Waals surface area contributed by atoms with Crippen molar-refractivity contribution in [3.63, 3.8) is 0 Å². The maximum absolute atomic E-state index is 9.88. The van der Waals surface area contributed by atoms with Crippen LogP contribution in [0.3, 0.4) is 0 Å². The van der Waals surface area contributed by atoms with E-state index in [1.54, 1.807) is 7.05 Å². The molecule has 0 aromatic heterocycles. The second-order valence-corrected chi connectivity index (χ2v) is 2.65. The number of aliphatic hydroxyl groups is 1. The molecule has 15 nitrogen and oxygen atoms in total. The van der Waals surface area contributed by atoms with E-state index in [1.165, 1.54) is 12.4 Å². The fourth-order valence-electron chi connectivity index (χ4n) is 0.441. The van der Waals surface area contributed by atoms with Gasteiger partial charge in [0.25, 0.3) is 5.09 Å². The molecule has 0 aliphatic carbocycles. The van der Waals surface area contributed by atoms with E-state index in [1.807, 2.05) is 0 Å². The van der Waals surface area contributed by atoms with Crippen LogP contribution in [0.1, 0.15) is 0 Å². The van der Waals surface area contributed by atoms with Gasteiger partial charge < -0.3 is 31.0 Å². The molecule has 156 valence electrons. The molecular formula is C6H18N5No2O10-. The molecule has 0 saturated heterocycles. The zero-order valence-electron chi connectivity index (χ0n) is 11.9. The predicted molar refractivity (Wildman–Crippen MR) is 64.1 cm³/mol. The number of aliphatic hydroxyl groups excluding tert-OH is 1. The molecule has 0 amide bonds. The Morgan fingerprint density at radius 3 is 1.91 bits per heavy atom. The Bertz CT molecular complexity index is 262. The molecule has 0 aliphatic rings. The van der Waals surface area contributed by atoms with Crippen LogP contribution in [0, 0.1) is 25.1 Å². The maximum Gasteiger partial charge on any atom is 0.294 e. The second kappa shape index (κ2) is 30.6. The summed E-state index contributed by atoms with van der Waals surface area (Å²) < 4.78 is 0. The Labute approximate surface area is 118 Å². The van der Waals surface area contributed by atoms with Gasteiger partial charge in [-0.3, -0.25) is 0 Å². The number of hydrazine groups is 1. The van der Waals surface area contributed by atoms with Gasteiger partial charge >= 0.3 is 0 Å². The van der Waals surface area contributed by atoms with E-state index in [2.05, 4.69) is 15.1 Å². The molecule has 23 heavy (non-hydrogen) atoms. The third-order valence-electron chi connectivity index (χ3n) is 1.28. The molecule has 0 bridgehead atoms. The molecule has 0 aromatic rings. The molecule has 0 rings (SSSR count). The minimum atomic E-state index is -0.992. The Morgan fingerprint density at radius 1 is 1.30 bits per heavy atom. The summed E-state index contributed by atoms with van der Waals surface area (Å²) in [5.74, 6) is 0. The summed E-state index contributed by atoms with van der Waals surface area (Å²) in [7, 11) is 3.00. The minimum Gasteiger partial charge on any atom is -0.635 e. The van der Waals surface area contributed by atoms with E-state index in [-0.39, 0.29) is 25.2 Å². The Balaban J connectivity index is -0.0000000516. The molecule has 4 N–H and O–H groups in total. The fourth-order valence-corrected chi connectivity index (χ4v) is 0.441. The molecule has 0 radical (unpaired) electrons. The summed E-state index contributed by atoms with van der Waals surface area (Å²) in [4.78, 5) is 34.0. The van der Waals surface area contributed by atoms with E-state index < -0.39 is 10.1 Å². The van der Waals surface area contributed by atoms with Crippen molar-refractivity contribution < 1.29 is 35.8 Å². The summed E-state index contributed by atoms with van der Waals surface area (Å²) in [5, 5.41) is 39.0. The van der Waals surface area contributed by atoms with Crippen molar-refractivity contribution in [2.75, 3.05) is 40.4 Å². The molecular weight excluding hydrogens is 820 g/mol. The Kier molecular flexibility index (Phi) is 48.3. The van der Waals surface area contributed by atoms with Crippen molar-refractivity contribution in [1.82, 2.24) is 10.3 Å². The van der Waals surface area contributed by atoms with Gasteiger partial charge in [-0.1, -0.05) is 0 Å². The smallest absolute Gasteiger partial charge is 0.294 e. The Hall–Kier alpha value is -4.36. The number of likely N-dealkylation sites (N-methyl/N-ethyl adjacent to an activating group) is 2. The van der Waals surface area contributed by atoms with E-state index in [0.29, 0.717) is 11.6 Å².